The second-order valence-electron chi connectivity index (χ2n) is 4.85. The second-order valence-corrected chi connectivity index (χ2v) is 4.85. The van der Waals surface area contributed by atoms with Crippen LogP contribution in [-0.4, -0.2) is 9.13 Å². The Morgan fingerprint density at radius 1 is 1.14 bits per heavy atom. The molecule has 0 radical (unpaired) electrons. The van der Waals surface area contributed by atoms with E-state index in [1.54, 1.807) is 0 Å². The van der Waals surface area contributed by atoms with Gasteiger partial charge in [0.25, 0.3) is 5.56 Å². The van der Waals surface area contributed by atoms with Crippen LogP contribution < -0.4 is 16.6 Å². The van der Waals surface area contributed by atoms with E-state index in [0.29, 0.717) is 0 Å². The van der Waals surface area contributed by atoms with Gasteiger partial charge in [0.1, 0.15) is 11.6 Å². The fraction of sp³-hybridized carbons (Fsp3) is 0.286. The van der Waals surface area contributed by atoms with Gasteiger partial charge < -0.3 is 9.88 Å². The van der Waals surface area contributed by atoms with Crippen molar-refractivity contribution in [2.75, 3.05) is 5.32 Å². The molecule has 1 heterocycles. The lowest BCUT2D eigenvalue weighted by atomic mass is 10.2. The van der Waals surface area contributed by atoms with E-state index in [-0.39, 0.29) is 23.4 Å². The maximum absolute atomic E-state index is 13.7. The van der Waals surface area contributed by atoms with Crippen LogP contribution in [0.3, 0.4) is 0 Å². The van der Waals surface area contributed by atoms with Crippen molar-refractivity contribution in [3.63, 3.8) is 0 Å². The molecule has 112 valence electrons. The molecule has 0 bridgehead atoms. The highest BCUT2D eigenvalue weighted by molar-refractivity contribution is 5.47. The number of aromatic nitrogens is 2. The van der Waals surface area contributed by atoms with E-state index in [0.717, 1.165) is 16.7 Å². The Morgan fingerprint density at radius 2 is 1.81 bits per heavy atom. The molecule has 7 heteroatoms. The molecule has 0 aliphatic heterocycles. The van der Waals surface area contributed by atoms with Crippen LogP contribution in [0, 0.1) is 18.6 Å². The molecule has 0 amide bonds. The van der Waals surface area contributed by atoms with Gasteiger partial charge in [-0.1, -0.05) is 0 Å². The standard InChI is InChI=1S/C14H15F2N3O2/c1-8-4-11(16)12(5-10(8)15)17-6-9-7-18(2)14(21)19(3)13(9)20/h4-5,7,17H,6H2,1-3H3. The Morgan fingerprint density at radius 3 is 2.48 bits per heavy atom. The molecule has 2 aromatic rings. The average Bonchev–Trinajstić information content (AvgIpc) is 2.44. The summed E-state index contributed by atoms with van der Waals surface area (Å²) in [5, 5.41) is 2.67. The third-order valence-electron chi connectivity index (χ3n) is 3.24. The van der Waals surface area contributed by atoms with Crippen molar-refractivity contribution in [3.8, 4) is 0 Å². The number of aryl methyl sites for hydroxylation is 2. The Labute approximate surface area is 119 Å². The first-order valence-corrected chi connectivity index (χ1v) is 6.26. The number of halogens is 2. The Bertz CT molecular complexity index is 809. The van der Waals surface area contributed by atoms with Crippen LogP contribution >= 0.6 is 0 Å². The van der Waals surface area contributed by atoms with Gasteiger partial charge in [-0.3, -0.25) is 9.36 Å². The van der Waals surface area contributed by atoms with Gasteiger partial charge in [0, 0.05) is 32.9 Å². The predicted octanol–water partition coefficient (Wildman–Crippen LogP) is 1.28. The van der Waals surface area contributed by atoms with E-state index in [2.05, 4.69) is 5.32 Å². The van der Waals surface area contributed by atoms with Gasteiger partial charge in [-0.25, -0.2) is 13.6 Å². The summed E-state index contributed by atoms with van der Waals surface area (Å²) in [6.07, 6.45) is 1.38. The molecule has 1 N–H and O–H groups in total. The normalized spacial score (nSPS) is 10.7. The number of hydrogen-bond donors (Lipinski definition) is 1. The second kappa shape index (κ2) is 5.51. The fourth-order valence-corrected chi connectivity index (χ4v) is 1.98. The number of nitrogens with one attached hydrogen (secondary N) is 1. The molecule has 21 heavy (non-hydrogen) atoms. The first kappa shape index (κ1) is 15.0. The molecule has 0 unspecified atom stereocenters. The molecule has 0 aliphatic carbocycles. The summed E-state index contributed by atoms with van der Waals surface area (Å²) in [6.45, 7) is 1.45. The molecule has 1 aromatic carbocycles. The van der Waals surface area contributed by atoms with Crippen LogP contribution in [0.4, 0.5) is 14.5 Å². The van der Waals surface area contributed by atoms with Gasteiger partial charge in [-0.15, -0.1) is 0 Å². The average molecular weight is 295 g/mol. The van der Waals surface area contributed by atoms with Crippen molar-refractivity contribution in [1.82, 2.24) is 9.13 Å². The number of nitrogens with zero attached hydrogens (tertiary/aromatic N) is 2. The predicted molar refractivity (Wildman–Crippen MR) is 75.3 cm³/mol. The monoisotopic (exact) mass is 295 g/mol. The van der Waals surface area contributed by atoms with E-state index in [1.165, 1.54) is 31.8 Å². The number of rotatable bonds is 3. The molecule has 0 saturated heterocycles. The van der Waals surface area contributed by atoms with Gasteiger partial charge in [0.2, 0.25) is 0 Å². The molecule has 1 aromatic heterocycles. The lowest BCUT2D eigenvalue weighted by Crippen LogP contribution is -2.38. The fourth-order valence-electron chi connectivity index (χ4n) is 1.98. The van der Waals surface area contributed by atoms with Crippen LogP contribution in [0.2, 0.25) is 0 Å². The SMILES string of the molecule is Cc1cc(F)c(NCc2cn(C)c(=O)n(C)c2=O)cc1F. The van der Waals surface area contributed by atoms with E-state index in [1.807, 2.05) is 0 Å². The van der Waals surface area contributed by atoms with Crippen molar-refractivity contribution < 1.29 is 8.78 Å². The molecule has 2 rings (SSSR count). The van der Waals surface area contributed by atoms with Crippen molar-refractivity contribution in [1.29, 1.82) is 0 Å². The summed E-state index contributed by atoms with van der Waals surface area (Å²) in [4.78, 5) is 23.5. The smallest absolute Gasteiger partial charge is 0.330 e. The zero-order valence-corrected chi connectivity index (χ0v) is 11.9. The number of anilines is 1. The largest absolute Gasteiger partial charge is 0.378 e. The summed E-state index contributed by atoms with van der Waals surface area (Å²) in [7, 11) is 2.87. The van der Waals surface area contributed by atoms with Crippen molar-refractivity contribution >= 4 is 5.69 Å². The molecular formula is C14H15F2N3O2. The van der Waals surface area contributed by atoms with E-state index in [9.17, 15) is 18.4 Å². The lowest BCUT2D eigenvalue weighted by molar-refractivity contribution is 0.594. The molecule has 0 fully saturated rings. The third-order valence-corrected chi connectivity index (χ3v) is 3.24. The lowest BCUT2D eigenvalue weighted by Gasteiger charge is -2.10. The molecule has 0 aliphatic rings. The highest BCUT2D eigenvalue weighted by atomic mass is 19.1. The Balaban J connectivity index is 2.31. The molecule has 0 saturated carbocycles. The van der Waals surface area contributed by atoms with Crippen LogP contribution in [0.5, 0.6) is 0 Å². The van der Waals surface area contributed by atoms with E-state index in [4.69, 9.17) is 0 Å². The van der Waals surface area contributed by atoms with E-state index < -0.39 is 22.9 Å². The minimum atomic E-state index is -0.601. The highest BCUT2D eigenvalue weighted by Gasteiger charge is 2.10. The maximum Gasteiger partial charge on any atom is 0.330 e. The van der Waals surface area contributed by atoms with Crippen molar-refractivity contribution in [2.45, 2.75) is 13.5 Å². The van der Waals surface area contributed by atoms with Gasteiger partial charge in [-0.2, -0.15) is 0 Å². The zero-order valence-electron chi connectivity index (χ0n) is 11.9. The van der Waals surface area contributed by atoms with E-state index >= 15 is 0 Å². The van der Waals surface area contributed by atoms with Gasteiger partial charge >= 0.3 is 5.69 Å². The molecule has 5 nitrogen and oxygen atoms in total. The minimum Gasteiger partial charge on any atom is -0.378 e. The van der Waals surface area contributed by atoms with Crippen LogP contribution in [0.15, 0.2) is 27.9 Å². The van der Waals surface area contributed by atoms with Crippen molar-refractivity contribution in [3.05, 3.63) is 61.9 Å². The van der Waals surface area contributed by atoms with Crippen molar-refractivity contribution in [2.24, 2.45) is 14.1 Å². The van der Waals surface area contributed by atoms with Gasteiger partial charge in [-0.05, 0) is 18.6 Å². The summed E-state index contributed by atoms with van der Waals surface area (Å²) < 4.78 is 29.3. The van der Waals surface area contributed by atoms with Gasteiger partial charge in [0.05, 0.1) is 11.3 Å². The molecular weight excluding hydrogens is 280 g/mol. The maximum atomic E-state index is 13.7. The van der Waals surface area contributed by atoms with Crippen LogP contribution in [-0.2, 0) is 20.6 Å². The van der Waals surface area contributed by atoms with Crippen LogP contribution in [0.25, 0.3) is 0 Å². The highest BCUT2D eigenvalue weighted by Crippen LogP contribution is 2.19. The topological polar surface area (TPSA) is 56.0 Å². The number of benzene rings is 1. The first-order valence-electron chi connectivity index (χ1n) is 6.26. The summed E-state index contributed by atoms with van der Waals surface area (Å²) in [5.74, 6) is -1.14. The molecule has 0 spiro atoms. The van der Waals surface area contributed by atoms with Gasteiger partial charge in [0.15, 0.2) is 0 Å². The summed E-state index contributed by atoms with van der Waals surface area (Å²) in [5.41, 5.74) is -0.472. The molecule has 0 atom stereocenters. The van der Waals surface area contributed by atoms with Crippen LogP contribution in [0.1, 0.15) is 11.1 Å². The first-order chi connectivity index (χ1) is 9.81. The third kappa shape index (κ3) is 2.86. The zero-order chi connectivity index (χ0) is 15.7. The Hall–Kier alpha value is -2.44. The quantitative estimate of drug-likeness (QED) is 0.928. The Kier molecular flexibility index (Phi) is 3.93. The minimum absolute atomic E-state index is 0.0137. The number of hydrogen-bond acceptors (Lipinski definition) is 3. The summed E-state index contributed by atoms with van der Waals surface area (Å²) >= 11 is 0. The summed E-state index contributed by atoms with van der Waals surface area (Å²) in [6, 6.07) is 2.12.